The van der Waals surface area contributed by atoms with Crippen LogP contribution in [0.3, 0.4) is 0 Å². The van der Waals surface area contributed by atoms with Gasteiger partial charge in [0.15, 0.2) is 11.4 Å². The van der Waals surface area contributed by atoms with Crippen molar-refractivity contribution in [2.75, 3.05) is 0 Å². The van der Waals surface area contributed by atoms with E-state index < -0.39 is 0 Å². The van der Waals surface area contributed by atoms with Gasteiger partial charge in [-0.05, 0) is 46.4 Å². The number of aryl methyl sites for hydroxylation is 1. The molecule has 0 amide bonds. The minimum atomic E-state index is 0.563. The summed E-state index contributed by atoms with van der Waals surface area (Å²) in [6.45, 7) is 2.54. The molecule has 3 aromatic rings. The zero-order chi connectivity index (χ0) is 12.5. The molecular formula is C13H11BrN2OS. The van der Waals surface area contributed by atoms with Crippen LogP contribution in [0.15, 0.2) is 39.8 Å². The Morgan fingerprint density at radius 3 is 3.17 bits per heavy atom. The summed E-state index contributed by atoms with van der Waals surface area (Å²) in [4.78, 5) is 4.46. The second-order valence-electron chi connectivity index (χ2n) is 4.03. The molecule has 3 heterocycles. The van der Waals surface area contributed by atoms with Crippen LogP contribution in [0.25, 0.3) is 5.65 Å². The van der Waals surface area contributed by atoms with Gasteiger partial charge in [-0.3, -0.25) is 0 Å². The number of hydrogen-bond donors (Lipinski definition) is 0. The highest BCUT2D eigenvalue weighted by molar-refractivity contribution is 9.11. The van der Waals surface area contributed by atoms with Gasteiger partial charge in [-0.25, -0.2) is 4.98 Å². The molecule has 0 radical (unpaired) electrons. The van der Waals surface area contributed by atoms with Gasteiger partial charge in [0, 0.05) is 18.0 Å². The van der Waals surface area contributed by atoms with E-state index in [0.29, 0.717) is 6.61 Å². The van der Waals surface area contributed by atoms with E-state index in [-0.39, 0.29) is 0 Å². The third kappa shape index (κ3) is 2.28. The van der Waals surface area contributed by atoms with Gasteiger partial charge in [0.05, 0.1) is 9.48 Å². The summed E-state index contributed by atoms with van der Waals surface area (Å²) in [7, 11) is 0. The Morgan fingerprint density at radius 2 is 2.39 bits per heavy atom. The summed E-state index contributed by atoms with van der Waals surface area (Å²) in [6, 6.07) is 5.98. The summed E-state index contributed by atoms with van der Waals surface area (Å²) < 4.78 is 8.94. The molecular weight excluding hydrogens is 312 g/mol. The Balaban J connectivity index is 1.86. The number of pyridine rings is 1. The molecule has 0 spiro atoms. The third-order valence-corrected chi connectivity index (χ3v) is 4.14. The average Bonchev–Trinajstić information content (AvgIpc) is 2.91. The Morgan fingerprint density at radius 1 is 1.50 bits per heavy atom. The first-order valence-corrected chi connectivity index (χ1v) is 7.20. The van der Waals surface area contributed by atoms with Crippen LogP contribution < -0.4 is 4.74 Å². The first-order valence-electron chi connectivity index (χ1n) is 5.52. The molecule has 0 aliphatic carbocycles. The number of ether oxygens (including phenoxy) is 1. The average molecular weight is 323 g/mol. The molecule has 0 atom stereocenters. The van der Waals surface area contributed by atoms with Gasteiger partial charge in [0.25, 0.3) is 0 Å². The van der Waals surface area contributed by atoms with Crippen LogP contribution in [0.1, 0.15) is 11.3 Å². The molecule has 0 saturated carbocycles. The molecule has 0 aliphatic heterocycles. The van der Waals surface area contributed by atoms with Gasteiger partial charge < -0.3 is 9.14 Å². The predicted molar refractivity (Wildman–Crippen MR) is 76.3 cm³/mol. The quantitative estimate of drug-likeness (QED) is 0.727. The van der Waals surface area contributed by atoms with Gasteiger partial charge in [0.2, 0.25) is 0 Å². The van der Waals surface area contributed by atoms with E-state index in [2.05, 4.69) is 32.4 Å². The fourth-order valence-electron chi connectivity index (χ4n) is 1.80. The Hall–Kier alpha value is -1.33. The molecule has 3 aromatic heterocycles. The van der Waals surface area contributed by atoms with Crippen molar-refractivity contribution in [2.24, 2.45) is 0 Å². The van der Waals surface area contributed by atoms with Crippen LogP contribution in [0, 0.1) is 6.92 Å². The molecule has 3 rings (SSSR count). The molecule has 0 N–H and O–H groups in total. The number of rotatable bonds is 3. The molecule has 18 heavy (non-hydrogen) atoms. The van der Waals surface area contributed by atoms with Crippen molar-refractivity contribution in [3.05, 3.63) is 51.0 Å². The Labute approximate surface area is 117 Å². The van der Waals surface area contributed by atoms with Crippen molar-refractivity contribution in [1.29, 1.82) is 0 Å². The van der Waals surface area contributed by atoms with E-state index in [1.807, 2.05) is 35.9 Å². The predicted octanol–water partition coefficient (Wildman–Crippen LogP) is 4.05. The normalized spacial score (nSPS) is 11.0. The topological polar surface area (TPSA) is 26.5 Å². The van der Waals surface area contributed by atoms with E-state index in [0.717, 1.165) is 26.4 Å². The van der Waals surface area contributed by atoms with E-state index in [1.165, 1.54) is 0 Å². The van der Waals surface area contributed by atoms with E-state index in [1.54, 1.807) is 11.3 Å². The van der Waals surface area contributed by atoms with Crippen molar-refractivity contribution < 1.29 is 4.74 Å². The van der Waals surface area contributed by atoms with Gasteiger partial charge in [0.1, 0.15) is 6.61 Å². The molecule has 0 saturated heterocycles. The number of halogens is 1. The SMILES string of the molecule is Cc1cn2cccc(OCc3csc(Br)c3)c2n1. The monoisotopic (exact) mass is 322 g/mol. The molecule has 0 aromatic carbocycles. The highest BCUT2D eigenvalue weighted by Gasteiger charge is 2.06. The lowest BCUT2D eigenvalue weighted by Crippen LogP contribution is -1.96. The van der Waals surface area contributed by atoms with Crippen molar-refractivity contribution in [2.45, 2.75) is 13.5 Å². The maximum Gasteiger partial charge on any atom is 0.179 e. The van der Waals surface area contributed by atoms with Crippen molar-refractivity contribution >= 4 is 32.9 Å². The molecule has 0 bridgehead atoms. The van der Waals surface area contributed by atoms with Crippen LogP contribution in [0.5, 0.6) is 5.75 Å². The second-order valence-corrected chi connectivity index (χ2v) is 6.32. The molecule has 0 aliphatic rings. The fraction of sp³-hybridized carbons (Fsp3) is 0.154. The summed E-state index contributed by atoms with van der Waals surface area (Å²) in [5.41, 5.74) is 3.02. The van der Waals surface area contributed by atoms with Gasteiger partial charge >= 0.3 is 0 Å². The van der Waals surface area contributed by atoms with Crippen LogP contribution in [-0.4, -0.2) is 9.38 Å². The van der Waals surface area contributed by atoms with E-state index >= 15 is 0 Å². The molecule has 3 nitrogen and oxygen atoms in total. The fourth-order valence-corrected chi connectivity index (χ4v) is 3.00. The molecule has 0 fully saturated rings. The number of thiophene rings is 1. The number of aromatic nitrogens is 2. The van der Waals surface area contributed by atoms with Crippen LogP contribution >= 0.6 is 27.3 Å². The molecule has 92 valence electrons. The largest absolute Gasteiger partial charge is 0.485 e. The van der Waals surface area contributed by atoms with Crippen molar-refractivity contribution in [3.63, 3.8) is 0 Å². The number of hydrogen-bond acceptors (Lipinski definition) is 3. The standard InChI is InChI=1S/C13H11BrN2OS/c1-9-6-16-4-2-3-11(13(16)15-9)17-7-10-5-12(14)18-8-10/h2-6,8H,7H2,1H3. The minimum absolute atomic E-state index is 0.563. The number of fused-ring (bicyclic) bond motifs is 1. The second kappa shape index (κ2) is 4.74. The molecule has 0 unspecified atom stereocenters. The first-order chi connectivity index (χ1) is 8.72. The van der Waals surface area contributed by atoms with Crippen LogP contribution in [0.4, 0.5) is 0 Å². The van der Waals surface area contributed by atoms with Gasteiger partial charge in [-0.1, -0.05) is 0 Å². The highest BCUT2D eigenvalue weighted by Crippen LogP contribution is 2.24. The zero-order valence-corrected chi connectivity index (χ0v) is 12.2. The minimum Gasteiger partial charge on any atom is -0.485 e. The summed E-state index contributed by atoms with van der Waals surface area (Å²) >= 11 is 5.11. The Bertz CT molecular complexity index is 689. The lowest BCUT2D eigenvalue weighted by atomic mass is 10.3. The van der Waals surface area contributed by atoms with E-state index in [4.69, 9.17) is 4.74 Å². The van der Waals surface area contributed by atoms with Gasteiger partial charge in [-0.15, -0.1) is 11.3 Å². The highest BCUT2D eigenvalue weighted by atomic mass is 79.9. The lowest BCUT2D eigenvalue weighted by Gasteiger charge is -2.05. The summed E-state index contributed by atoms with van der Waals surface area (Å²) in [5, 5.41) is 2.08. The summed E-state index contributed by atoms with van der Waals surface area (Å²) in [5.74, 6) is 0.813. The third-order valence-electron chi connectivity index (χ3n) is 2.58. The van der Waals surface area contributed by atoms with Crippen molar-refractivity contribution in [1.82, 2.24) is 9.38 Å². The maximum atomic E-state index is 5.83. The number of imidazole rings is 1. The van der Waals surface area contributed by atoms with E-state index in [9.17, 15) is 0 Å². The smallest absolute Gasteiger partial charge is 0.179 e. The Kier molecular flexibility index (Phi) is 3.09. The van der Waals surface area contributed by atoms with Crippen molar-refractivity contribution in [3.8, 4) is 5.75 Å². The molecule has 5 heteroatoms. The lowest BCUT2D eigenvalue weighted by molar-refractivity contribution is 0.308. The first kappa shape index (κ1) is 11.7. The maximum absolute atomic E-state index is 5.83. The zero-order valence-electron chi connectivity index (χ0n) is 9.76. The van der Waals surface area contributed by atoms with Crippen LogP contribution in [-0.2, 0) is 6.61 Å². The summed E-state index contributed by atoms with van der Waals surface area (Å²) in [6.07, 6.45) is 3.97. The van der Waals surface area contributed by atoms with Crippen LogP contribution in [0.2, 0.25) is 0 Å². The van der Waals surface area contributed by atoms with Gasteiger partial charge in [-0.2, -0.15) is 0 Å². The number of nitrogens with zero attached hydrogens (tertiary/aromatic N) is 2.